The SMILES string of the molecule is CC[C@@H]1C[C@@H](C)CCC=C[C@@H]2C[C@@]2(C(=O)NS(=O)(=O)C2(C)CC2)NC(=O)[C@@H]2C[C@@H](Oc3nc(OC)cc4cc(F)ccc34)CN2C(=O)[C@H]1N(C(=O)O)C(C)(C)C(C)(F)F. The number of alkyl halides is 2. The van der Waals surface area contributed by atoms with E-state index in [1.807, 2.05) is 13.0 Å². The van der Waals surface area contributed by atoms with Gasteiger partial charge in [-0.3, -0.25) is 24.0 Å². The number of ether oxygens (including phenoxy) is 2. The van der Waals surface area contributed by atoms with Gasteiger partial charge in [0.2, 0.25) is 33.6 Å². The number of carbonyl (C=O) groups excluding carboxylic acids is 3. The van der Waals surface area contributed by atoms with Crippen LogP contribution in [0.3, 0.4) is 0 Å². The van der Waals surface area contributed by atoms with Crippen molar-refractivity contribution in [3.8, 4) is 11.8 Å². The minimum Gasteiger partial charge on any atom is -0.481 e. The number of rotatable bonds is 10. The van der Waals surface area contributed by atoms with E-state index in [1.54, 1.807) is 13.0 Å². The quantitative estimate of drug-likeness (QED) is 0.248. The maximum absolute atomic E-state index is 15.5. The Hall–Kier alpha value is -4.61. The van der Waals surface area contributed by atoms with Gasteiger partial charge in [-0.15, -0.1) is 0 Å². The van der Waals surface area contributed by atoms with Crippen LogP contribution in [0.25, 0.3) is 10.8 Å². The maximum Gasteiger partial charge on any atom is 0.408 e. The van der Waals surface area contributed by atoms with Gasteiger partial charge in [0.25, 0.3) is 11.8 Å². The van der Waals surface area contributed by atoms with E-state index in [9.17, 15) is 32.3 Å². The number of aromatic nitrogens is 1. The number of nitrogens with zero attached hydrogens (tertiary/aromatic N) is 3. The third-order valence-electron chi connectivity index (χ3n) is 13.0. The lowest BCUT2D eigenvalue weighted by molar-refractivity contribution is -0.157. The zero-order valence-electron chi connectivity index (χ0n) is 34.4. The van der Waals surface area contributed by atoms with E-state index in [-0.39, 0.29) is 49.9 Å². The third kappa shape index (κ3) is 8.42. The zero-order valence-corrected chi connectivity index (χ0v) is 35.2. The van der Waals surface area contributed by atoms with E-state index in [2.05, 4.69) is 15.0 Å². The Morgan fingerprint density at radius 2 is 1.85 bits per heavy atom. The van der Waals surface area contributed by atoms with Crippen molar-refractivity contribution in [2.24, 2.45) is 17.8 Å². The number of amides is 4. The molecule has 14 nitrogen and oxygen atoms in total. The van der Waals surface area contributed by atoms with Crippen LogP contribution in [0.15, 0.2) is 36.4 Å². The molecule has 324 valence electrons. The second-order valence-electron chi connectivity index (χ2n) is 17.5. The lowest BCUT2D eigenvalue weighted by Crippen LogP contribution is -2.67. The Balaban J connectivity index is 1.45. The Bertz CT molecular complexity index is 2140. The number of benzene rings is 1. The summed E-state index contributed by atoms with van der Waals surface area (Å²) in [4.78, 5) is 63.1. The summed E-state index contributed by atoms with van der Waals surface area (Å²) < 4.78 is 84.4. The van der Waals surface area contributed by atoms with Gasteiger partial charge in [-0.2, -0.15) is 4.98 Å². The Kier molecular flexibility index (Phi) is 11.8. The number of carboxylic acid groups (broad SMARTS) is 1. The predicted molar refractivity (Wildman–Crippen MR) is 211 cm³/mol. The fourth-order valence-corrected chi connectivity index (χ4v) is 9.68. The molecule has 3 N–H and O–H groups in total. The summed E-state index contributed by atoms with van der Waals surface area (Å²) in [6.45, 7) is 7.55. The van der Waals surface area contributed by atoms with Gasteiger partial charge in [0, 0.05) is 30.7 Å². The van der Waals surface area contributed by atoms with Crippen molar-refractivity contribution in [3.63, 3.8) is 0 Å². The van der Waals surface area contributed by atoms with Crippen LogP contribution in [-0.4, -0.2) is 106 Å². The summed E-state index contributed by atoms with van der Waals surface area (Å²) in [5.74, 6) is -8.28. The molecule has 0 unspecified atom stereocenters. The van der Waals surface area contributed by atoms with Crippen molar-refractivity contribution < 1.29 is 55.3 Å². The molecule has 1 saturated heterocycles. The fraction of sp³-hybridized carbons (Fsp3) is 0.634. The van der Waals surface area contributed by atoms with Crippen LogP contribution in [-0.2, 0) is 24.4 Å². The van der Waals surface area contributed by atoms with Crippen molar-refractivity contribution in [2.75, 3.05) is 13.7 Å². The first-order chi connectivity index (χ1) is 27.5. The van der Waals surface area contributed by atoms with Gasteiger partial charge in [-0.25, -0.2) is 26.4 Å². The van der Waals surface area contributed by atoms with Gasteiger partial charge >= 0.3 is 6.09 Å². The first kappa shape index (κ1) is 44.0. The number of hydrogen-bond donors (Lipinski definition) is 3. The molecule has 4 aliphatic rings. The van der Waals surface area contributed by atoms with Gasteiger partial charge in [0.15, 0.2) is 0 Å². The number of halogens is 3. The summed E-state index contributed by atoms with van der Waals surface area (Å²) in [7, 11) is -2.76. The topological polar surface area (TPSA) is 185 Å². The first-order valence-corrected chi connectivity index (χ1v) is 21.5. The number of hydrogen-bond acceptors (Lipinski definition) is 9. The molecule has 3 heterocycles. The van der Waals surface area contributed by atoms with Crippen LogP contribution in [0.1, 0.15) is 92.9 Å². The summed E-state index contributed by atoms with van der Waals surface area (Å²) in [5, 5.41) is 14.2. The normalized spacial score (nSPS) is 28.7. The van der Waals surface area contributed by atoms with Gasteiger partial charge in [-0.1, -0.05) is 32.4 Å². The Labute approximate surface area is 342 Å². The minimum absolute atomic E-state index is 0.0160. The van der Waals surface area contributed by atoms with Crippen LogP contribution in [0.5, 0.6) is 11.8 Å². The molecule has 2 aliphatic carbocycles. The highest BCUT2D eigenvalue weighted by Gasteiger charge is 2.63. The van der Waals surface area contributed by atoms with Crippen molar-refractivity contribution in [2.45, 2.75) is 133 Å². The number of allylic oxidation sites excluding steroid dienone is 1. The molecule has 7 atom stereocenters. The molecule has 1 aromatic carbocycles. The van der Waals surface area contributed by atoms with Crippen LogP contribution in [0.2, 0.25) is 0 Å². The monoisotopic (exact) mass is 849 g/mol. The predicted octanol–water partition coefficient (Wildman–Crippen LogP) is 5.79. The fourth-order valence-electron chi connectivity index (χ4n) is 8.37. The van der Waals surface area contributed by atoms with Crippen LogP contribution in [0, 0.1) is 23.6 Å². The number of sulfonamides is 1. The van der Waals surface area contributed by atoms with E-state index in [0.29, 0.717) is 48.3 Å². The molecule has 0 spiro atoms. The standard InChI is InChI=1S/C41H54F3N5O9S/c1-8-24-17-23(2)11-9-10-12-26-21-41(26,36(52)47-59(55,56)39(5)15-16-39)46-33(50)30-20-28(58-34-29-14-13-27(42)18-25(29)19-31(45-34)57-7)22-48(30)35(51)32(24)49(37(53)54)38(3,4)40(6,43)44/h10,12-14,18-19,23-24,26,28,30,32H,8-9,11,15-17,20-22H2,1-7H3,(H,46,50)(H,47,52)(H,53,54)/t23-,24+,26+,28+,30-,32-,41+/m0/s1. The average Bonchev–Trinajstić information content (AvgIpc) is 4.03. The highest BCUT2D eigenvalue weighted by atomic mass is 32.2. The Morgan fingerprint density at radius 3 is 2.46 bits per heavy atom. The van der Waals surface area contributed by atoms with Crippen molar-refractivity contribution >= 4 is 44.6 Å². The third-order valence-corrected chi connectivity index (χ3v) is 15.1. The number of nitrogens with one attached hydrogen (secondary N) is 2. The summed E-state index contributed by atoms with van der Waals surface area (Å²) >= 11 is 0. The molecular formula is C41H54F3N5O9S. The van der Waals surface area contributed by atoms with Crippen LogP contribution < -0.4 is 19.5 Å². The molecular weight excluding hydrogens is 796 g/mol. The highest BCUT2D eigenvalue weighted by Crippen LogP contribution is 2.48. The Morgan fingerprint density at radius 1 is 1.15 bits per heavy atom. The highest BCUT2D eigenvalue weighted by molar-refractivity contribution is 7.91. The molecule has 0 radical (unpaired) electrons. The van der Waals surface area contributed by atoms with Crippen LogP contribution >= 0.6 is 0 Å². The smallest absolute Gasteiger partial charge is 0.408 e. The number of fused-ring (bicyclic) bond motifs is 3. The van der Waals surface area contributed by atoms with Gasteiger partial charge in [-0.05, 0) is 94.7 Å². The first-order valence-electron chi connectivity index (χ1n) is 20.1. The van der Waals surface area contributed by atoms with Gasteiger partial charge in [0.05, 0.1) is 18.4 Å². The number of pyridine rings is 1. The van der Waals surface area contributed by atoms with E-state index < -0.39 is 91.4 Å². The molecule has 4 amide bonds. The molecule has 1 aromatic heterocycles. The average molecular weight is 850 g/mol. The lowest BCUT2D eigenvalue weighted by Gasteiger charge is -2.47. The van der Waals surface area contributed by atoms with E-state index in [1.165, 1.54) is 38.3 Å². The molecule has 2 aromatic rings. The molecule has 6 rings (SSSR count). The summed E-state index contributed by atoms with van der Waals surface area (Å²) in [5.41, 5.74) is -4.11. The molecule has 0 bridgehead atoms. The van der Waals surface area contributed by atoms with E-state index >= 15 is 13.6 Å². The maximum atomic E-state index is 15.5. The van der Waals surface area contributed by atoms with E-state index in [0.717, 1.165) is 18.7 Å². The molecule has 59 heavy (non-hydrogen) atoms. The van der Waals surface area contributed by atoms with Crippen LogP contribution in [0.4, 0.5) is 18.0 Å². The summed E-state index contributed by atoms with van der Waals surface area (Å²) in [6.07, 6.45) is 2.96. The van der Waals surface area contributed by atoms with Crippen molar-refractivity contribution in [1.82, 2.24) is 24.8 Å². The second-order valence-corrected chi connectivity index (χ2v) is 19.7. The van der Waals surface area contributed by atoms with Crippen molar-refractivity contribution in [3.05, 3.63) is 42.2 Å². The molecule has 2 saturated carbocycles. The summed E-state index contributed by atoms with van der Waals surface area (Å²) in [6, 6.07) is 2.26. The second kappa shape index (κ2) is 15.8. The van der Waals surface area contributed by atoms with Gasteiger partial charge in [0.1, 0.15) is 35.1 Å². The molecule has 3 fully saturated rings. The minimum atomic E-state index is -4.12. The van der Waals surface area contributed by atoms with Crippen molar-refractivity contribution in [1.29, 1.82) is 0 Å². The number of carbonyl (C=O) groups is 4. The van der Waals surface area contributed by atoms with Gasteiger partial charge < -0.3 is 24.8 Å². The lowest BCUT2D eigenvalue weighted by atomic mass is 9.81. The molecule has 2 aliphatic heterocycles. The largest absolute Gasteiger partial charge is 0.481 e. The number of methoxy groups -OCH3 is 1. The molecule has 18 heteroatoms. The van der Waals surface area contributed by atoms with E-state index in [4.69, 9.17) is 9.47 Å². The zero-order chi connectivity index (χ0) is 43.5.